The Morgan fingerprint density at radius 1 is 1.41 bits per heavy atom. The zero-order valence-electron chi connectivity index (χ0n) is 12.0. The molecule has 7 nitrogen and oxygen atoms in total. The van der Waals surface area contributed by atoms with Gasteiger partial charge in [0.15, 0.2) is 6.61 Å². The van der Waals surface area contributed by atoms with Crippen LogP contribution in [0.25, 0.3) is 10.9 Å². The number of carbonyl (C=O) groups is 1. The Balaban J connectivity index is 1.67. The molecule has 0 radical (unpaired) electrons. The van der Waals surface area contributed by atoms with E-state index in [9.17, 15) is 9.90 Å². The van der Waals surface area contributed by atoms with Gasteiger partial charge < -0.3 is 19.5 Å². The van der Waals surface area contributed by atoms with Gasteiger partial charge >= 0.3 is 0 Å². The maximum absolute atomic E-state index is 12.2. The van der Waals surface area contributed by atoms with Gasteiger partial charge in [-0.25, -0.2) is 9.97 Å². The van der Waals surface area contributed by atoms with Gasteiger partial charge in [-0.1, -0.05) is 12.1 Å². The van der Waals surface area contributed by atoms with Crippen molar-refractivity contribution < 1.29 is 19.4 Å². The summed E-state index contributed by atoms with van der Waals surface area (Å²) in [4.78, 5) is 22.0. The fourth-order valence-electron chi connectivity index (χ4n) is 2.34. The number of rotatable bonds is 3. The van der Waals surface area contributed by atoms with Crippen LogP contribution in [-0.2, 0) is 9.53 Å². The highest BCUT2D eigenvalue weighted by Gasteiger charge is 2.21. The second-order valence-corrected chi connectivity index (χ2v) is 5.05. The van der Waals surface area contributed by atoms with Crippen LogP contribution in [0.1, 0.15) is 0 Å². The number of aliphatic hydroxyl groups excluding tert-OH is 1. The molecule has 1 atom stereocenters. The predicted octanol–water partition coefficient (Wildman–Crippen LogP) is 0.228. The number of ether oxygens (including phenoxy) is 2. The van der Waals surface area contributed by atoms with Gasteiger partial charge in [-0.05, 0) is 12.1 Å². The smallest absolute Gasteiger partial charge is 0.260 e. The van der Waals surface area contributed by atoms with E-state index in [1.165, 1.54) is 6.33 Å². The Bertz CT molecular complexity index is 659. The number of aromatic nitrogens is 2. The second kappa shape index (κ2) is 6.67. The third-order valence-corrected chi connectivity index (χ3v) is 3.44. The number of hydrogen-bond acceptors (Lipinski definition) is 6. The molecule has 1 saturated heterocycles. The van der Waals surface area contributed by atoms with Gasteiger partial charge in [-0.15, -0.1) is 0 Å². The number of nitrogens with zero attached hydrogens (tertiary/aromatic N) is 3. The largest absolute Gasteiger partial charge is 0.467 e. The third kappa shape index (κ3) is 3.32. The first-order chi connectivity index (χ1) is 10.7. The molecular formula is C15H17N3O4. The monoisotopic (exact) mass is 303 g/mol. The SMILES string of the molecule is O=C(COc1ncnc2ccccc12)N1CCOC[C@H](O)C1. The van der Waals surface area contributed by atoms with Crippen LogP contribution in [0, 0.1) is 0 Å². The molecule has 1 aromatic carbocycles. The van der Waals surface area contributed by atoms with Crippen LogP contribution in [0.2, 0.25) is 0 Å². The Morgan fingerprint density at radius 2 is 2.27 bits per heavy atom. The van der Waals surface area contributed by atoms with Crippen LogP contribution < -0.4 is 4.74 Å². The Labute approximate surface area is 127 Å². The van der Waals surface area contributed by atoms with Crippen molar-refractivity contribution in [3.05, 3.63) is 30.6 Å². The molecule has 1 aliphatic rings. The van der Waals surface area contributed by atoms with E-state index >= 15 is 0 Å². The maximum atomic E-state index is 12.2. The van der Waals surface area contributed by atoms with E-state index in [0.717, 1.165) is 10.9 Å². The number of amides is 1. The maximum Gasteiger partial charge on any atom is 0.260 e. The summed E-state index contributed by atoms with van der Waals surface area (Å²) in [5.74, 6) is 0.179. The second-order valence-electron chi connectivity index (χ2n) is 5.05. The lowest BCUT2D eigenvalue weighted by atomic mass is 10.2. The minimum Gasteiger partial charge on any atom is -0.467 e. The number of β-amino-alcohol motifs (C(OH)–C–C–N with tert-alkyl or cyclic N) is 1. The standard InChI is InChI=1S/C15H17N3O4/c19-11-7-18(5-6-21-8-11)14(20)9-22-15-12-3-1-2-4-13(12)16-10-17-15/h1-4,10-11,19H,5-9H2/t11-/m1/s1. The number of aliphatic hydroxyl groups is 1. The number of para-hydroxylation sites is 1. The van der Waals surface area contributed by atoms with Gasteiger partial charge in [0.25, 0.3) is 5.91 Å². The van der Waals surface area contributed by atoms with Gasteiger partial charge in [0.05, 0.1) is 30.2 Å². The van der Waals surface area contributed by atoms with Crippen LogP contribution in [0.15, 0.2) is 30.6 Å². The molecule has 0 unspecified atom stereocenters. The van der Waals surface area contributed by atoms with E-state index in [0.29, 0.717) is 19.0 Å². The molecule has 3 rings (SSSR count). The van der Waals surface area contributed by atoms with Gasteiger partial charge in [-0.3, -0.25) is 4.79 Å². The number of hydrogen-bond donors (Lipinski definition) is 1. The molecule has 0 spiro atoms. The first kappa shape index (κ1) is 14.7. The van der Waals surface area contributed by atoms with Crippen molar-refractivity contribution in [3.63, 3.8) is 0 Å². The first-order valence-corrected chi connectivity index (χ1v) is 7.10. The van der Waals surface area contributed by atoms with Crippen LogP contribution in [-0.4, -0.2) is 64.9 Å². The first-order valence-electron chi connectivity index (χ1n) is 7.10. The topological polar surface area (TPSA) is 84.8 Å². The van der Waals surface area contributed by atoms with Crippen molar-refractivity contribution in [2.75, 3.05) is 32.9 Å². The van der Waals surface area contributed by atoms with Crippen LogP contribution in [0.5, 0.6) is 5.88 Å². The Kier molecular flexibility index (Phi) is 4.45. The summed E-state index contributed by atoms with van der Waals surface area (Å²) < 4.78 is 10.7. The van der Waals surface area contributed by atoms with Gasteiger partial charge in [0, 0.05) is 13.1 Å². The van der Waals surface area contributed by atoms with E-state index < -0.39 is 6.10 Å². The summed E-state index contributed by atoms with van der Waals surface area (Å²) in [5.41, 5.74) is 0.763. The summed E-state index contributed by atoms with van der Waals surface area (Å²) in [7, 11) is 0. The summed E-state index contributed by atoms with van der Waals surface area (Å²) in [6.07, 6.45) is 0.748. The molecule has 2 aromatic rings. The highest BCUT2D eigenvalue weighted by Crippen LogP contribution is 2.20. The van der Waals surface area contributed by atoms with E-state index in [1.54, 1.807) is 4.90 Å². The molecule has 0 bridgehead atoms. The van der Waals surface area contributed by atoms with Gasteiger partial charge in [-0.2, -0.15) is 0 Å². The van der Waals surface area contributed by atoms with Gasteiger partial charge in [0.1, 0.15) is 6.33 Å². The van der Waals surface area contributed by atoms with Crippen molar-refractivity contribution in [1.29, 1.82) is 0 Å². The van der Waals surface area contributed by atoms with Crippen LogP contribution >= 0.6 is 0 Å². The Morgan fingerprint density at radius 3 is 3.18 bits per heavy atom. The van der Waals surface area contributed by atoms with Gasteiger partial charge in [0.2, 0.25) is 5.88 Å². The summed E-state index contributed by atoms with van der Waals surface area (Å²) in [5, 5.41) is 10.4. The molecule has 0 saturated carbocycles. The molecule has 2 heterocycles. The zero-order valence-corrected chi connectivity index (χ0v) is 12.0. The summed E-state index contributed by atoms with van der Waals surface area (Å²) in [6, 6.07) is 7.44. The number of benzene rings is 1. The van der Waals surface area contributed by atoms with Crippen molar-refractivity contribution in [3.8, 4) is 5.88 Å². The van der Waals surface area contributed by atoms with Crippen molar-refractivity contribution in [2.45, 2.75) is 6.10 Å². The molecule has 1 aliphatic heterocycles. The molecule has 7 heteroatoms. The highest BCUT2D eigenvalue weighted by molar-refractivity contribution is 5.84. The molecule has 0 aliphatic carbocycles. The third-order valence-electron chi connectivity index (χ3n) is 3.44. The average Bonchev–Trinajstić information content (AvgIpc) is 2.77. The molecule has 22 heavy (non-hydrogen) atoms. The summed E-state index contributed by atoms with van der Waals surface area (Å²) in [6.45, 7) is 1.24. The number of fused-ring (bicyclic) bond motifs is 1. The fourth-order valence-corrected chi connectivity index (χ4v) is 2.34. The van der Waals surface area contributed by atoms with Crippen molar-refractivity contribution >= 4 is 16.8 Å². The number of carbonyl (C=O) groups excluding carboxylic acids is 1. The zero-order chi connectivity index (χ0) is 15.4. The lowest BCUT2D eigenvalue weighted by Gasteiger charge is -2.21. The Hall–Kier alpha value is -2.25. The minimum atomic E-state index is -0.661. The molecular weight excluding hydrogens is 286 g/mol. The molecule has 116 valence electrons. The molecule has 1 N–H and O–H groups in total. The fraction of sp³-hybridized carbons (Fsp3) is 0.400. The predicted molar refractivity (Wildman–Crippen MR) is 78.4 cm³/mol. The molecule has 1 fully saturated rings. The van der Waals surface area contributed by atoms with Crippen LogP contribution in [0.4, 0.5) is 0 Å². The minimum absolute atomic E-state index is 0.131. The van der Waals surface area contributed by atoms with E-state index in [1.807, 2.05) is 24.3 Å². The van der Waals surface area contributed by atoms with E-state index in [4.69, 9.17) is 9.47 Å². The highest BCUT2D eigenvalue weighted by atomic mass is 16.5. The lowest BCUT2D eigenvalue weighted by Crippen LogP contribution is -2.40. The van der Waals surface area contributed by atoms with Crippen molar-refractivity contribution in [2.24, 2.45) is 0 Å². The lowest BCUT2D eigenvalue weighted by molar-refractivity contribution is -0.134. The average molecular weight is 303 g/mol. The molecule has 1 amide bonds. The van der Waals surface area contributed by atoms with E-state index in [-0.39, 0.29) is 25.7 Å². The normalized spacial score (nSPS) is 19.0. The van der Waals surface area contributed by atoms with Crippen molar-refractivity contribution in [1.82, 2.24) is 14.9 Å². The van der Waals surface area contributed by atoms with Crippen LogP contribution in [0.3, 0.4) is 0 Å². The molecule has 1 aromatic heterocycles. The quantitative estimate of drug-likeness (QED) is 0.873. The summed E-state index contributed by atoms with van der Waals surface area (Å²) >= 11 is 0. The van der Waals surface area contributed by atoms with E-state index in [2.05, 4.69) is 9.97 Å².